The largest absolute Gasteiger partial charge is 0.467 e. The fourth-order valence-electron chi connectivity index (χ4n) is 3.25. The third-order valence-electron chi connectivity index (χ3n) is 4.89. The van der Waals surface area contributed by atoms with Crippen molar-refractivity contribution in [2.75, 3.05) is 19.7 Å². The molecule has 7 heteroatoms. The van der Waals surface area contributed by atoms with Gasteiger partial charge in [-0.2, -0.15) is 0 Å². The molecule has 156 valence electrons. The van der Waals surface area contributed by atoms with Crippen molar-refractivity contribution < 1.29 is 13.9 Å². The molecule has 1 aromatic heterocycles. The van der Waals surface area contributed by atoms with Crippen LogP contribution in [0.2, 0.25) is 0 Å². The Kier molecular flexibility index (Phi) is 7.30. The van der Waals surface area contributed by atoms with Crippen molar-refractivity contribution >= 4 is 11.9 Å². The Morgan fingerprint density at radius 1 is 1.21 bits per heavy atom. The molecule has 1 saturated heterocycles. The summed E-state index contributed by atoms with van der Waals surface area (Å²) < 4.78 is 11.1. The quantitative estimate of drug-likeness (QED) is 0.470. The molecule has 0 bridgehead atoms. The highest BCUT2D eigenvalue weighted by molar-refractivity contribution is 5.94. The molecule has 0 aliphatic carbocycles. The molecule has 29 heavy (non-hydrogen) atoms. The molecule has 7 nitrogen and oxygen atoms in total. The van der Waals surface area contributed by atoms with Crippen LogP contribution in [-0.2, 0) is 17.8 Å². The van der Waals surface area contributed by atoms with E-state index in [0.717, 1.165) is 43.3 Å². The molecule has 2 aromatic rings. The van der Waals surface area contributed by atoms with E-state index in [1.54, 1.807) is 18.4 Å². The lowest BCUT2D eigenvalue weighted by Gasteiger charge is -2.24. The lowest BCUT2D eigenvalue weighted by atomic mass is 10.0. The highest BCUT2D eigenvalue weighted by Crippen LogP contribution is 2.23. The van der Waals surface area contributed by atoms with Crippen LogP contribution in [0.1, 0.15) is 48.4 Å². The van der Waals surface area contributed by atoms with Crippen LogP contribution in [0.25, 0.3) is 0 Å². The number of hydrogen-bond donors (Lipinski definition) is 3. The van der Waals surface area contributed by atoms with Crippen molar-refractivity contribution in [1.29, 1.82) is 0 Å². The van der Waals surface area contributed by atoms with E-state index in [1.165, 1.54) is 0 Å². The lowest BCUT2D eigenvalue weighted by Crippen LogP contribution is -2.45. The molecule has 1 aromatic carbocycles. The minimum Gasteiger partial charge on any atom is -0.467 e. The van der Waals surface area contributed by atoms with Gasteiger partial charge in [-0.3, -0.25) is 4.79 Å². The average molecular weight is 399 g/mol. The number of nitrogens with one attached hydrogen (secondary N) is 3. The first-order valence-electron chi connectivity index (χ1n) is 10.1. The fourth-order valence-corrected chi connectivity index (χ4v) is 3.25. The van der Waals surface area contributed by atoms with Crippen molar-refractivity contribution in [2.45, 2.75) is 45.4 Å². The predicted octanol–water partition coefficient (Wildman–Crippen LogP) is 2.83. The molecular weight excluding hydrogens is 368 g/mol. The van der Waals surface area contributed by atoms with Gasteiger partial charge in [0.25, 0.3) is 5.91 Å². The van der Waals surface area contributed by atoms with E-state index >= 15 is 0 Å². The van der Waals surface area contributed by atoms with Crippen molar-refractivity contribution in [1.82, 2.24) is 16.0 Å². The molecule has 0 radical (unpaired) electrons. The van der Waals surface area contributed by atoms with Gasteiger partial charge in [0, 0.05) is 25.3 Å². The average Bonchev–Trinajstić information content (AvgIpc) is 3.41. The van der Waals surface area contributed by atoms with Gasteiger partial charge in [0.1, 0.15) is 5.76 Å². The van der Waals surface area contributed by atoms with Gasteiger partial charge in [0.05, 0.1) is 25.0 Å². The number of rotatable bonds is 8. The van der Waals surface area contributed by atoms with E-state index in [1.807, 2.05) is 31.2 Å². The predicted molar refractivity (Wildman–Crippen MR) is 113 cm³/mol. The zero-order valence-electron chi connectivity index (χ0n) is 17.2. The Morgan fingerprint density at radius 2 is 2.10 bits per heavy atom. The number of nitrogens with zero attached hydrogens (tertiary/aromatic N) is 1. The van der Waals surface area contributed by atoms with Crippen LogP contribution in [0.15, 0.2) is 52.1 Å². The molecule has 1 unspecified atom stereocenters. The number of amides is 1. The van der Waals surface area contributed by atoms with Gasteiger partial charge in [-0.15, -0.1) is 0 Å². The number of guanidine groups is 1. The van der Waals surface area contributed by atoms with Gasteiger partial charge in [-0.1, -0.05) is 12.1 Å². The first-order chi connectivity index (χ1) is 14.1. The maximum atomic E-state index is 12.4. The third-order valence-corrected chi connectivity index (χ3v) is 4.89. The van der Waals surface area contributed by atoms with Crippen molar-refractivity contribution in [3.8, 4) is 0 Å². The summed E-state index contributed by atoms with van der Waals surface area (Å²) in [5.41, 5.74) is 1.44. The summed E-state index contributed by atoms with van der Waals surface area (Å²) in [6.45, 7) is 7.32. The van der Waals surface area contributed by atoms with E-state index in [9.17, 15) is 4.79 Å². The topological polar surface area (TPSA) is 87.9 Å². The number of benzene rings is 1. The second-order valence-electron chi connectivity index (χ2n) is 7.41. The zero-order valence-corrected chi connectivity index (χ0v) is 17.2. The van der Waals surface area contributed by atoms with Crippen molar-refractivity contribution in [3.63, 3.8) is 0 Å². The Labute approximate surface area is 171 Å². The van der Waals surface area contributed by atoms with E-state index in [0.29, 0.717) is 25.2 Å². The molecular formula is C22H30N4O3. The summed E-state index contributed by atoms with van der Waals surface area (Å²) >= 11 is 0. The molecule has 1 amide bonds. The second-order valence-corrected chi connectivity index (χ2v) is 7.41. The van der Waals surface area contributed by atoms with Crippen LogP contribution < -0.4 is 16.0 Å². The van der Waals surface area contributed by atoms with Crippen LogP contribution in [0.3, 0.4) is 0 Å². The Morgan fingerprint density at radius 3 is 2.83 bits per heavy atom. The number of ether oxygens (including phenoxy) is 1. The minimum atomic E-state index is -0.137. The first kappa shape index (κ1) is 20.9. The third kappa shape index (κ3) is 6.35. The van der Waals surface area contributed by atoms with E-state index in [4.69, 9.17) is 9.15 Å². The molecule has 3 N–H and O–H groups in total. The van der Waals surface area contributed by atoms with Crippen LogP contribution in [0.5, 0.6) is 0 Å². The summed E-state index contributed by atoms with van der Waals surface area (Å²) in [6, 6.07) is 11.1. The van der Waals surface area contributed by atoms with E-state index in [2.05, 4.69) is 27.9 Å². The standard InChI is InChI=1S/C22H30N4O3/c1-3-23-21(26-16-22(2)10-6-12-29-22)25-14-17-7-4-8-18(13-17)20(27)24-15-19-9-5-11-28-19/h4-5,7-9,11,13H,3,6,10,12,14-16H2,1-2H3,(H,24,27)(H2,23,25,26). The van der Waals surface area contributed by atoms with Gasteiger partial charge in [-0.25, -0.2) is 4.99 Å². The first-order valence-corrected chi connectivity index (χ1v) is 10.1. The van der Waals surface area contributed by atoms with Crippen LogP contribution in [-0.4, -0.2) is 37.2 Å². The highest BCUT2D eigenvalue weighted by atomic mass is 16.5. The zero-order chi connectivity index (χ0) is 20.5. The summed E-state index contributed by atoms with van der Waals surface area (Å²) in [7, 11) is 0. The summed E-state index contributed by atoms with van der Waals surface area (Å²) in [4.78, 5) is 17.0. The number of carbonyl (C=O) groups excluding carboxylic acids is 1. The second kappa shape index (κ2) is 10.1. The maximum absolute atomic E-state index is 12.4. The molecule has 0 spiro atoms. The molecule has 2 heterocycles. The van der Waals surface area contributed by atoms with Crippen molar-refractivity contribution in [3.05, 3.63) is 59.5 Å². The van der Waals surface area contributed by atoms with Crippen LogP contribution in [0, 0.1) is 0 Å². The monoisotopic (exact) mass is 398 g/mol. The molecule has 1 aliphatic heterocycles. The van der Waals surface area contributed by atoms with Gasteiger partial charge in [0.2, 0.25) is 0 Å². The van der Waals surface area contributed by atoms with Gasteiger partial charge < -0.3 is 25.1 Å². The molecule has 3 rings (SSSR count). The van der Waals surface area contributed by atoms with Gasteiger partial charge >= 0.3 is 0 Å². The van der Waals surface area contributed by atoms with Crippen LogP contribution in [0.4, 0.5) is 0 Å². The van der Waals surface area contributed by atoms with Gasteiger partial charge in [-0.05, 0) is 56.5 Å². The van der Waals surface area contributed by atoms with Crippen molar-refractivity contribution in [2.24, 2.45) is 4.99 Å². The Balaban J connectivity index is 1.57. The molecule has 1 fully saturated rings. The minimum absolute atomic E-state index is 0.136. The summed E-state index contributed by atoms with van der Waals surface area (Å²) in [6.07, 6.45) is 3.74. The van der Waals surface area contributed by atoms with Gasteiger partial charge in [0.15, 0.2) is 5.96 Å². The molecule has 1 aliphatic rings. The smallest absolute Gasteiger partial charge is 0.251 e. The SMILES string of the molecule is CCNC(=NCc1cccc(C(=O)NCc2ccco2)c1)NCC1(C)CCCO1. The highest BCUT2D eigenvalue weighted by Gasteiger charge is 2.29. The molecule has 1 atom stereocenters. The summed E-state index contributed by atoms with van der Waals surface area (Å²) in [5, 5.41) is 9.49. The van der Waals surface area contributed by atoms with E-state index < -0.39 is 0 Å². The molecule has 0 saturated carbocycles. The Hall–Kier alpha value is -2.80. The maximum Gasteiger partial charge on any atom is 0.251 e. The number of hydrogen-bond acceptors (Lipinski definition) is 4. The number of aliphatic imine (C=N–C) groups is 1. The fraction of sp³-hybridized carbons (Fsp3) is 0.455. The summed E-state index contributed by atoms with van der Waals surface area (Å²) in [5.74, 6) is 1.33. The number of furan rings is 1. The lowest BCUT2D eigenvalue weighted by molar-refractivity contribution is 0.0243. The van der Waals surface area contributed by atoms with E-state index in [-0.39, 0.29) is 11.5 Å². The van der Waals surface area contributed by atoms with Crippen LogP contribution >= 0.6 is 0 Å². The normalized spacial score (nSPS) is 19.2. The Bertz CT molecular complexity index is 811. The number of carbonyl (C=O) groups is 1.